The summed E-state index contributed by atoms with van der Waals surface area (Å²) in [7, 11) is 0. The lowest BCUT2D eigenvalue weighted by atomic mass is 9.97. The number of benzene rings is 1. The van der Waals surface area contributed by atoms with Crippen LogP contribution in [0.25, 0.3) is 0 Å². The second-order valence-electron chi connectivity index (χ2n) is 4.47. The minimum Gasteiger partial charge on any atom is -0.396 e. The van der Waals surface area contributed by atoms with Gasteiger partial charge in [-0.15, -0.1) is 11.3 Å². The van der Waals surface area contributed by atoms with Gasteiger partial charge in [-0.25, -0.2) is 4.98 Å². The van der Waals surface area contributed by atoms with E-state index in [2.05, 4.69) is 38.4 Å². The highest BCUT2D eigenvalue weighted by Gasteiger charge is 2.12. The van der Waals surface area contributed by atoms with Gasteiger partial charge in [-0.05, 0) is 37.0 Å². The number of nitrogens with zero attached hydrogens (tertiary/aromatic N) is 1. The molecule has 1 N–H and O–H groups in total. The number of aliphatic hydroxyl groups is 1. The average Bonchev–Trinajstić information content (AvgIpc) is 2.74. The molecule has 96 valence electrons. The first-order valence-electron chi connectivity index (χ1n) is 5.93. The van der Waals surface area contributed by atoms with Crippen LogP contribution in [0.15, 0.2) is 34.1 Å². The molecule has 0 bridgehead atoms. The molecule has 0 spiro atoms. The fourth-order valence-corrected chi connectivity index (χ4v) is 3.28. The predicted molar refractivity (Wildman–Crippen MR) is 79.0 cm³/mol. The second kappa shape index (κ2) is 6.45. The molecule has 4 heteroatoms. The maximum atomic E-state index is 9.49. The van der Waals surface area contributed by atoms with E-state index >= 15 is 0 Å². The predicted octanol–water partition coefficient (Wildman–Crippen LogP) is 3.61. The molecule has 0 radical (unpaired) electrons. The van der Waals surface area contributed by atoms with E-state index in [9.17, 15) is 5.11 Å². The molecule has 0 aliphatic heterocycles. The SMILES string of the molecule is Cc1csc(CC(CO)Cc2cccc(Br)c2)n1. The number of aromatic nitrogens is 1. The van der Waals surface area contributed by atoms with Gasteiger partial charge in [-0.2, -0.15) is 0 Å². The molecule has 18 heavy (non-hydrogen) atoms. The molecule has 0 amide bonds. The fraction of sp³-hybridized carbons (Fsp3) is 0.357. The summed E-state index contributed by atoms with van der Waals surface area (Å²) < 4.78 is 1.08. The van der Waals surface area contributed by atoms with E-state index in [1.54, 1.807) is 11.3 Å². The van der Waals surface area contributed by atoms with Crippen LogP contribution in [0.3, 0.4) is 0 Å². The van der Waals surface area contributed by atoms with Gasteiger partial charge in [0.05, 0.1) is 5.01 Å². The van der Waals surface area contributed by atoms with E-state index in [1.165, 1.54) is 5.56 Å². The molecule has 1 aromatic heterocycles. The van der Waals surface area contributed by atoms with Crippen molar-refractivity contribution in [2.24, 2.45) is 5.92 Å². The lowest BCUT2D eigenvalue weighted by Crippen LogP contribution is -2.12. The Morgan fingerprint density at radius 1 is 1.39 bits per heavy atom. The minimum absolute atomic E-state index is 0.200. The number of hydrogen-bond donors (Lipinski definition) is 1. The monoisotopic (exact) mass is 325 g/mol. The Balaban J connectivity index is 2.01. The third-order valence-corrected chi connectivity index (χ3v) is 4.28. The molecule has 2 nitrogen and oxygen atoms in total. The van der Waals surface area contributed by atoms with Crippen LogP contribution < -0.4 is 0 Å². The summed E-state index contributed by atoms with van der Waals surface area (Å²) in [6.45, 7) is 2.20. The van der Waals surface area contributed by atoms with Crippen LogP contribution >= 0.6 is 27.3 Å². The quantitative estimate of drug-likeness (QED) is 0.910. The smallest absolute Gasteiger partial charge is 0.0931 e. The van der Waals surface area contributed by atoms with Gasteiger partial charge in [0.15, 0.2) is 0 Å². The van der Waals surface area contributed by atoms with E-state index in [4.69, 9.17) is 0 Å². The zero-order valence-corrected chi connectivity index (χ0v) is 12.7. The van der Waals surface area contributed by atoms with Crippen molar-refractivity contribution in [1.82, 2.24) is 4.98 Å². The molecule has 2 rings (SSSR count). The number of hydrogen-bond acceptors (Lipinski definition) is 3. The van der Waals surface area contributed by atoms with Crippen molar-refractivity contribution < 1.29 is 5.11 Å². The first-order valence-corrected chi connectivity index (χ1v) is 7.61. The molecule has 0 fully saturated rings. The Morgan fingerprint density at radius 2 is 2.22 bits per heavy atom. The van der Waals surface area contributed by atoms with E-state index in [0.29, 0.717) is 0 Å². The normalized spacial score (nSPS) is 12.6. The van der Waals surface area contributed by atoms with Gasteiger partial charge in [0.1, 0.15) is 0 Å². The van der Waals surface area contributed by atoms with E-state index in [0.717, 1.165) is 28.0 Å². The summed E-state index contributed by atoms with van der Waals surface area (Å²) >= 11 is 5.15. The van der Waals surface area contributed by atoms with Gasteiger partial charge in [0, 0.05) is 28.6 Å². The average molecular weight is 326 g/mol. The first kappa shape index (κ1) is 13.7. The molecule has 1 atom stereocenters. The molecule has 0 aliphatic carbocycles. The third-order valence-electron chi connectivity index (χ3n) is 2.80. The van der Waals surface area contributed by atoms with Gasteiger partial charge in [0.2, 0.25) is 0 Å². The highest BCUT2D eigenvalue weighted by molar-refractivity contribution is 9.10. The summed E-state index contributed by atoms with van der Waals surface area (Å²) in [5.41, 5.74) is 2.31. The molecule has 2 aromatic rings. The minimum atomic E-state index is 0.200. The standard InChI is InChI=1S/C14H16BrNOS/c1-10-9-18-14(16-10)7-12(8-17)5-11-3-2-4-13(15)6-11/h2-4,6,9,12,17H,5,7-8H2,1H3. The zero-order valence-electron chi connectivity index (χ0n) is 10.3. The molecular weight excluding hydrogens is 310 g/mol. The Hall–Kier alpha value is -0.710. The summed E-state index contributed by atoms with van der Waals surface area (Å²) in [4.78, 5) is 4.46. The Morgan fingerprint density at radius 3 is 2.83 bits per heavy atom. The summed E-state index contributed by atoms with van der Waals surface area (Å²) in [5.74, 6) is 0.241. The zero-order chi connectivity index (χ0) is 13.0. The van der Waals surface area contributed by atoms with Crippen molar-refractivity contribution in [3.63, 3.8) is 0 Å². The lowest BCUT2D eigenvalue weighted by molar-refractivity contribution is 0.225. The molecule has 1 aromatic carbocycles. The van der Waals surface area contributed by atoms with Crippen LogP contribution in [0.1, 0.15) is 16.3 Å². The maximum absolute atomic E-state index is 9.49. The topological polar surface area (TPSA) is 33.1 Å². The van der Waals surface area contributed by atoms with Crippen LogP contribution in [0.5, 0.6) is 0 Å². The van der Waals surface area contributed by atoms with Crippen molar-refractivity contribution in [3.8, 4) is 0 Å². The molecule has 1 unspecified atom stereocenters. The molecule has 0 saturated heterocycles. The van der Waals surface area contributed by atoms with Gasteiger partial charge < -0.3 is 5.11 Å². The largest absolute Gasteiger partial charge is 0.396 e. The van der Waals surface area contributed by atoms with E-state index < -0.39 is 0 Å². The highest BCUT2D eigenvalue weighted by atomic mass is 79.9. The molecule has 0 aliphatic rings. The summed E-state index contributed by atoms with van der Waals surface area (Å²) in [5, 5.41) is 12.7. The Labute approximate surface area is 120 Å². The first-order chi connectivity index (χ1) is 8.67. The van der Waals surface area contributed by atoms with Gasteiger partial charge in [-0.1, -0.05) is 28.1 Å². The van der Waals surface area contributed by atoms with Crippen LogP contribution in [0.4, 0.5) is 0 Å². The van der Waals surface area contributed by atoms with Gasteiger partial charge >= 0.3 is 0 Å². The number of aryl methyl sites for hydroxylation is 1. The van der Waals surface area contributed by atoms with Crippen LogP contribution in [0, 0.1) is 12.8 Å². The number of aliphatic hydroxyl groups excluding tert-OH is 1. The van der Waals surface area contributed by atoms with Gasteiger partial charge in [-0.3, -0.25) is 0 Å². The third kappa shape index (κ3) is 3.90. The summed E-state index contributed by atoms with van der Waals surface area (Å²) in [6, 6.07) is 8.25. The molecule has 1 heterocycles. The van der Waals surface area contributed by atoms with Crippen molar-refractivity contribution in [2.75, 3.05) is 6.61 Å². The van der Waals surface area contributed by atoms with E-state index in [-0.39, 0.29) is 12.5 Å². The fourth-order valence-electron chi connectivity index (χ4n) is 1.94. The molecular formula is C14H16BrNOS. The summed E-state index contributed by atoms with van der Waals surface area (Å²) in [6.07, 6.45) is 1.73. The van der Waals surface area contributed by atoms with Gasteiger partial charge in [0.25, 0.3) is 0 Å². The lowest BCUT2D eigenvalue weighted by Gasteiger charge is -2.12. The van der Waals surface area contributed by atoms with Crippen LogP contribution in [-0.2, 0) is 12.8 Å². The van der Waals surface area contributed by atoms with Crippen molar-refractivity contribution in [1.29, 1.82) is 0 Å². The highest BCUT2D eigenvalue weighted by Crippen LogP contribution is 2.19. The Bertz CT molecular complexity index is 512. The number of rotatable bonds is 5. The second-order valence-corrected chi connectivity index (χ2v) is 6.33. The molecule has 0 saturated carbocycles. The van der Waals surface area contributed by atoms with Crippen molar-refractivity contribution in [3.05, 3.63) is 50.4 Å². The van der Waals surface area contributed by atoms with Crippen LogP contribution in [-0.4, -0.2) is 16.7 Å². The van der Waals surface area contributed by atoms with Crippen molar-refractivity contribution in [2.45, 2.75) is 19.8 Å². The maximum Gasteiger partial charge on any atom is 0.0931 e. The number of halogens is 1. The van der Waals surface area contributed by atoms with E-state index in [1.807, 2.05) is 19.1 Å². The number of thiazole rings is 1. The van der Waals surface area contributed by atoms with Crippen molar-refractivity contribution >= 4 is 27.3 Å². The van der Waals surface area contributed by atoms with Crippen LogP contribution in [0.2, 0.25) is 0 Å². The Kier molecular flexibility index (Phi) is 4.92.